The molecule has 0 atom stereocenters. The second-order valence-electron chi connectivity index (χ2n) is 4.57. The first-order chi connectivity index (χ1) is 9.57. The molecule has 1 amide bonds. The number of nitro benzene ring substituents is 1. The molecule has 0 saturated carbocycles. The Balaban J connectivity index is 2.52. The summed E-state index contributed by atoms with van der Waals surface area (Å²) in [5, 5.41) is 14.6. The van der Waals surface area contributed by atoms with Gasteiger partial charge in [-0.1, -0.05) is 34.8 Å². The highest BCUT2D eigenvalue weighted by Gasteiger charge is 2.17. The summed E-state index contributed by atoms with van der Waals surface area (Å²) in [5.74, 6) is -0.244. The van der Waals surface area contributed by atoms with E-state index in [1.54, 1.807) is 13.0 Å². The van der Waals surface area contributed by atoms with E-state index in [0.29, 0.717) is 17.7 Å². The van der Waals surface area contributed by atoms with Gasteiger partial charge in [-0.2, -0.15) is 0 Å². The number of carbonyl (C=O) groups is 1. The Kier molecular flexibility index (Phi) is 7.22. The third-order valence-electron chi connectivity index (χ3n) is 3.09. The van der Waals surface area contributed by atoms with Crippen LogP contribution in [0.15, 0.2) is 18.2 Å². The third kappa shape index (κ3) is 4.92. The summed E-state index contributed by atoms with van der Waals surface area (Å²) in [6.07, 6.45) is 4.27. The molecule has 20 heavy (non-hydrogen) atoms. The van der Waals surface area contributed by atoms with Crippen LogP contribution in [0, 0.1) is 17.0 Å². The largest absolute Gasteiger partial charge is 0.352 e. The fraction of sp³-hybridized carbons (Fsp3) is 0.500. The second kappa shape index (κ2) is 8.68. The van der Waals surface area contributed by atoms with Gasteiger partial charge in [0.15, 0.2) is 0 Å². The maximum atomic E-state index is 12.0. The van der Waals surface area contributed by atoms with E-state index in [4.69, 9.17) is 0 Å². The van der Waals surface area contributed by atoms with Crippen LogP contribution in [-0.2, 0) is 0 Å². The van der Waals surface area contributed by atoms with Crippen LogP contribution in [0.4, 0.5) is 5.69 Å². The molecule has 0 aromatic heterocycles. The number of rotatable bonds is 8. The molecule has 0 radical (unpaired) electrons. The first-order valence-corrected chi connectivity index (χ1v) is 7.78. The van der Waals surface area contributed by atoms with Crippen molar-refractivity contribution in [2.45, 2.75) is 32.6 Å². The Morgan fingerprint density at radius 3 is 2.65 bits per heavy atom. The normalized spacial score (nSPS) is 10.3. The zero-order valence-electron chi connectivity index (χ0n) is 11.5. The van der Waals surface area contributed by atoms with Crippen LogP contribution >= 0.6 is 15.9 Å². The van der Waals surface area contributed by atoms with E-state index in [2.05, 4.69) is 21.2 Å². The van der Waals surface area contributed by atoms with Gasteiger partial charge in [-0.25, -0.2) is 0 Å². The molecule has 1 rings (SSSR count). The third-order valence-corrected chi connectivity index (χ3v) is 3.65. The SMILES string of the molecule is Cc1c(C(=O)NCCCCCCBr)cccc1[N+](=O)[O-]. The molecular weight excluding hydrogens is 324 g/mol. The summed E-state index contributed by atoms with van der Waals surface area (Å²) in [5.41, 5.74) is 0.768. The lowest BCUT2D eigenvalue weighted by Crippen LogP contribution is -2.25. The quantitative estimate of drug-likeness (QED) is 0.339. The topological polar surface area (TPSA) is 72.2 Å². The lowest BCUT2D eigenvalue weighted by Gasteiger charge is -2.07. The highest BCUT2D eigenvalue weighted by molar-refractivity contribution is 9.09. The molecule has 1 aromatic rings. The number of nitrogens with one attached hydrogen (secondary N) is 1. The minimum atomic E-state index is -0.466. The summed E-state index contributed by atoms with van der Waals surface area (Å²) in [6, 6.07) is 4.56. The fourth-order valence-corrected chi connectivity index (χ4v) is 2.33. The van der Waals surface area contributed by atoms with Gasteiger partial charge in [0, 0.05) is 29.1 Å². The molecule has 0 aliphatic carbocycles. The highest BCUT2D eigenvalue weighted by atomic mass is 79.9. The van der Waals surface area contributed by atoms with Crippen LogP contribution < -0.4 is 5.32 Å². The van der Waals surface area contributed by atoms with Crippen molar-refractivity contribution in [1.82, 2.24) is 5.32 Å². The van der Waals surface area contributed by atoms with Gasteiger partial charge in [-0.3, -0.25) is 14.9 Å². The van der Waals surface area contributed by atoms with Gasteiger partial charge in [0.1, 0.15) is 0 Å². The molecule has 0 heterocycles. The van der Waals surface area contributed by atoms with E-state index < -0.39 is 4.92 Å². The lowest BCUT2D eigenvalue weighted by atomic mass is 10.1. The van der Waals surface area contributed by atoms with Crippen molar-refractivity contribution < 1.29 is 9.72 Å². The predicted octanol–water partition coefficient (Wildman–Crippen LogP) is 3.59. The predicted molar refractivity (Wildman–Crippen MR) is 82.4 cm³/mol. The van der Waals surface area contributed by atoms with Crippen molar-refractivity contribution in [3.8, 4) is 0 Å². The van der Waals surface area contributed by atoms with Crippen molar-refractivity contribution in [2.75, 3.05) is 11.9 Å². The molecule has 1 N–H and O–H groups in total. The van der Waals surface area contributed by atoms with E-state index >= 15 is 0 Å². The van der Waals surface area contributed by atoms with Crippen molar-refractivity contribution in [3.63, 3.8) is 0 Å². The van der Waals surface area contributed by atoms with Crippen molar-refractivity contribution >= 4 is 27.5 Å². The minimum Gasteiger partial charge on any atom is -0.352 e. The number of amides is 1. The van der Waals surface area contributed by atoms with Gasteiger partial charge in [0.25, 0.3) is 11.6 Å². The number of nitrogens with zero attached hydrogens (tertiary/aromatic N) is 1. The van der Waals surface area contributed by atoms with Crippen molar-refractivity contribution in [3.05, 3.63) is 39.4 Å². The molecule has 0 spiro atoms. The summed E-state index contributed by atoms with van der Waals surface area (Å²) in [6.45, 7) is 2.20. The number of benzene rings is 1. The van der Waals surface area contributed by atoms with Crippen LogP contribution in [0.5, 0.6) is 0 Å². The van der Waals surface area contributed by atoms with Crippen molar-refractivity contribution in [2.24, 2.45) is 0 Å². The van der Waals surface area contributed by atoms with E-state index in [1.807, 2.05) is 0 Å². The molecule has 0 fully saturated rings. The van der Waals surface area contributed by atoms with Gasteiger partial charge >= 0.3 is 0 Å². The number of hydrogen-bond donors (Lipinski definition) is 1. The molecule has 0 bridgehead atoms. The summed E-state index contributed by atoms with van der Waals surface area (Å²) in [4.78, 5) is 22.3. The zero-order chi connectivity index (χ0) is 15.0. The summed E-state index contributed by atoms with van der Waals surface area (Å²) in [7, 11) is 0. The number of nitro groups is 1. The highest BCUT2D eigenvalue weighted by Crippen LogP contribution is 2.20. The van der Waals surface area contributed by atoms with Gasteiger partial charge in [-0.05, 0) is 25.8 Å². The van der Waals surface area contributed by atoms with Gasteiger partial charge in [-0.15, -0.1) is 0 Å². The van der Waals surface area contributed by atoms with Crippen LogP contribution in [0.1, 0.15) is 41.6 Å². The van der Waals surface area contributed by atoms with Gasteiger partial charge in [0.2, 0.25) is 0 Å². The van der Waals surface area contributed by atoms with E-state index in [-0.39, 0.29) is 11.6 Å². The summed E-state index contributed by atoms with van der Waals surface area (Å²) < 4.78 is 0. The standard InChI is InChI=1S/C14H19BrN2O3/c1-11-12(7-6-8-13(11)17(19)20)14(18)16-10-5-3-2-4-9-15/h6-8H,2-5,9-10H2,1H3,(H,16,18). The molecule has 1 aromatic carbocycles. The van der Waals surface area contributed by atoms with E-state index in [0.717, 1.165) is 31.0 Å². The van der Waals surface area contributed by atoms with Crippen LogP contribution in [-0.4, -0.2) is 22.7 Å². The fourth-order valence-electron chi connectivity index (χ4n) is 1.94. The maximum absolute atomic E-state index is 12.0. The Hall–Kier alpha value is -1.43. The van der Waals surface area contributed by atoms with Crippen LogP contribution in [0.3, 0.4) is 0 Å². The first kappa shape index (κ1) is 16.6. The molecule has 0 saturated heterocycles. The average Bonchev–Trinajstić information content (AvgIpc) is 2.42. The Morgan fingerprint density at radius 1 is 1.30 bits per heavy atom. The summed E-state index contributed by atoms with van der Waals surface area (Å²) >= 11 is 3.37. The van der Waals surface area contributed by atoms with Crippen LogP contribution in [0.2, 0.25) is 0 Å². The van der Waals surface area contributed by atoms with Gasteiger partial charge < -0.3 is 5.32 Å². The minimum absolute atomic E-state index is 0.0185. The lowest BCUT2D eigenvalue weighted by molar-refractivity contribution is -0.385. The zero-order valence-corrected chi connectivity index (χ0v) is 13.1. The number of unbranched alkanes of at least 4 members (excludes halogenated alkanes) is 3. The van der Waals surface area contributed by atoms with E-state index in [9.17, 15) is 14.9 Å². The molecular formula is C14H19BrN2O3. The first-order valence-electron chi connectivity index (χ1n) is 6.66. The number of carbonyl (C=O) groups excluding carboxylic acids is 1. The Morgan fingerprint density at radius 2 is 2.00 bits per heavy atom. The molecule has 0 aliphatic heterocycles. The maximum Gasteiger partial charge on any atom is 0.273 e. The monoisotopic (exact) mass is 342 g/mol. The molecule has 0 aliphatic rings. The van der Waals surface area contributed by atoms with Crippen LogP contribution in [0.25, 0.3) is 0 Å². The molecule has 110 valence electrons. The average molecular weight is 343 g/mol. The number of hydrogen-bond acceptors (Lipinski definition) is 3. The number of halogens is 1. The van der Waals surface area contributed by atoms with Crippen molar-refractivity contribution in [1.29, 1.82) is 0 Å². The van der Waals surface area contributed by atoms with E-state index in [1.165, 1.54) is 12.1 Å². The molecule has 0 unspecified atom stereocenters. The molecule has 5 nitrogen and oxygen atoms in total. The molecule has 6 heteroatoms. The van der Waals surface area contributed by atoms with Gasteiger partial charge in [0.05, 0.1) is 4.92 Å². The Bertz CT molecular complexity index is 477. The Labute approximate surface area is 127 Å². The number of alkyl halides is 1. The smallest absolute Gasteiger partial charge is 0.273 e. The second-order valence-corrected chi connectivity index (χ2v) is 5.36.